The van der Waals surface area contributed by atoms with Gasteiger partial charge in [-0.1, -0.05) is 11.6 Å². The van der Waals surface area contributed by atoms with E-state index in [0.717, 1.165) is 35.3 Å². The lowest BCUT2D eigenvalue weighted by Crippen LogP contribution is -2.35. The van der Waals surface area contributed by atoms with Crippen molar-refractivity contribution in [2.45, 2.75) is 13.3 Å². The fourth-order valence-electron chi connectivity index (χ4n) is 1.88. The Bertz CT molecular complexity index is 454. The number of guanidine groups is 1. The highest BCUT2D eigenvalue weighted by Crippen LogP contribution is 2.21. The summed E-state index contributed by atoms with van der Waals surface area (Å²) in [6.07, 6.45) is 0.882. The third kappa shape index (κ3) is 7.22. The molecule has 0 spiro atoms. The van der Waals surface area contributed by atoms with Gasteiger partial charge in [0.25, 0.3) is 0 Å². The summed E-state index contributed by atoms with van der Waals surface area (Å²) in [7, 11) is 7.97. The van der Waals surface area contributed by atoms with Crippen molar-refractivity contribution in [1.82, 2.24) is 9.80 Å². The summed E-state index contributed by atoms with van der Waals surface area (Å²) in [6.45, 7) is 3.40. The smallest absolute Gasteiger partial charge is 0.195 e. The lowest BCUT2D eigenvalue weighted by atomic mass is 10.2. The van der Waals surface area contributed by atoms with Gasteiger partial charge < -0.3 is 14.5 Å². The van der Waals surface area contributed by atoms with Crippen LogP contribution in [0.25, 0.3) is 0 Å². The molecular formula is C15H25ClIN3O. The maximum Gasteiger partial charge on any atom is 0.195 e. The van der Waals surface area contributed by atoms with E-state index in [1.807, 2.05) is 63.1 Å². The van der Waals surface area contributed by atoms with Crippen LogP contribution in [0.4, 0.5) is 0 Å². The van der Waals surface area contributed by atoms with E-state index in [0.29, 0.717) is 6.61 Å². The first-order chi connectivity index (χ1) is 9.41. The van der Waals surface area contributed by atoms with Gasteiger partial charge in [-0.2, -0.15) is 0 Å². The van der Waals surface area contributed by atoms with Gasteiger partial charge in [0, 0.05) is 46.2 Å². The molecule has 0 amide bonds. The first-order valence-electron chi connectivity index (χ1n) is 6.70. The van der Waals surface area contributed by atoms with Crippen LogP contribution in [0.3, 0.4) is 0 Å². The Hall–Kier alpha value is -0.690. The Balaban J connectivity index is 0.00000400. The summed E-state index contributed by atoms with van der Waals surface area (Å²) in [6, 6.07) is 5.66. The van der Waals surface area contributed by atoms with E-state index >= 15 is 0 Å². The van der Waals surface area contributed by atoms with E-state index in [2.05, 4.69) is 4.99 Å². The third-order valence-corrected chi connectivity index (χ3v) is 2.99. The number of nitrogens with zero attached hydrogens (tertiary/aromatic N) is 3. The van der Waals surface area contributed by atoms with Crippen LogP contribution in [0.1, 0.15) is 12.0 Å². The van der Waals surface area contributed by atoms with Crippen LogP contribution in [-0.2, 0) is 0 Å². The Morgan fingerprint density at radius 2 is 1.81 bits per heavy atom. The minimum Gasteiger partial charge on any atom is -0.493 e. The topological polar surface area (TPSA) is 28.1 Å². The van der Waals surface area contributed by atoms with Crippen LogP contribution in [0.5, 0.6) is 5.75 Å². The Kier molecular flexibility index (Phi) is 9.77. The van der Waals surface area contributed by atoms with Crippen molar-refractivity contribution in [3.63, 3.8) is 0 Å². The zero-order valence-corrected chi connectivity index (χ0v) is 16.5. The monoisotopic (exact) mass is 425 g/mol. The highest BCUT2D eigenvalue weighted by atomic mass is 127. The Labute approximate surface area is 150 Å². The van der Waals surface area contributed by atoms with Gasteiger partial charge in [0.1, 0.15) is 5.75 Å². The summed E-state index contributed by atoms with van der Waals surface area (Å²) in [4.78, 5) is 8.57. The van der Waals surface area contributed by atoms with Crippen LogP contribution in [0.15, 0.2) is 23.2 Å². The predicted octanol–water partition coefficient (Wildman–Crippen LogP) is 3.51. The molecule has 21 heavy (non-hydrogen) atoms. The summed E-state index contributed by atoms with van der Waals surface area (Å²) < 4.78 is 5.74. The minimum atomic E-state index is 0. The number of hydrogen-bond donors (Lipinski definition) is 0. The first kappa shape index (κ1) is 20.3. The molecule has 0 atom stereocenters. The molecule has 0 unspecified atom stereocenters. The molecule has 0 saturated heterocycles. The summed E-state index contributed by atoms with van der Waals surface area (Å²) in [5.41, 5.74) is 1.06. The van der Waals surface area contributed by atoms with E-state index < -0.39 is 0 Å². The standard InChI is InChI=1S/C15H24ClN3O.HI/c1-12-11-13(16)7-8-14(12)20-10-6-9-17-15(18(2)3)19(4)5;/h7-8,11H,6,9-10H2,1-5H3;1H. The van der Waals surface area contributed by atoms with Gasteiger partial charge in [-0.25, -0.2) is 0 Å². The van der Waals surface area contributed by atoms with Crippen molar-refractivity contribution >= 4 is 41.5 Å². The molecule has 0 bridgehead atoms. The maximum absolute atomic E-state index is 5.91. The zero-order valence-electron chi connectivity index (χ0n) is 13.4. The number of halogens is 2. The second-order valence-corrected chi connectivity index (χ2v) is 5.52. The molecule has 0 aromatic heterocycles. The van der Waals surface area contributed by atoms with Gasteiger partial charge in [-0.15, -0.1) is 24.0 Å². The lowest BCUT2D eigenvalue weighted by molar-refractivity contribution is 0.311. The van der Waals surface area contributed by atoms with Crippen LogP contribution < -0.4 is 4.74 Å². The number of hydrogen-bond acceptors (Lipinski definition) is 2. The molecule has 0 aliphatic heterocycles. The molecule has 0 heterocycles. The first-order valence-corrected chi connectivity index (χ1v) is 7.07. The highest BCUT2D eigenvalue weighted by molar-refractivity contribution is 14.0. The molecule has 0 N–H and O–H groups in total. The largest absolute Gasteiger partial charge is 0.493 e. The van der Waals surface area contributed by atoms with Crippen molar-refractivity contribution in [3.05, 3.63) is 28.8 Å². The van der Waals surface area contributed by atoms with E-state index in [9.17, 15) is 0 Å². The molecule has 0 aliphatic carbocycles. The highest BCUT2D eigenvalue weighted by Gasteiger charge is 2.03. The van der Waals surface area contributed by atoms with Gasteiger partial charge in [0.2, 0.25) is 0 Å². The molecule has 0 aliphatic rings. The predicted molar refractivity (Wildman–Crippen MR) is 101 cm³/mol. The van der Waals surface area contributed by atoms with Crippen LogP contribution in [0, 0.1) is 6.92 Å². The SMILES string of the molecule is Cc1cc(Cl)ccc1OCCCN=C(N(C)C)N(C)C.I. The van der Waals surface area contributed by atoms with Crippen LogP contribution in [0.2, 0.25) is 5.02 Å². The zero-order chi connectivity index (χ0) is 15.1. The van der Waals surface area contributed by atoms with Crippen molar-refractivity contribution in [3.8, 4) is 5.75 Å². The normalized spacial score (nSPS) is 9.62. The molecule has 6 heteroatoms. The van der Waals surface area contributed by atoms with E-state index in [4.69, 9.17) is 16.3 Å². The van der Waals surface area contributed by atoms with Crippen LogP contribution in [-0.4, -0.2) is 57.1 Å². The molecular weight excluding hydrogens is 401 g/mol. The Morgan fingerprint density at radius 1 is 1.19 bits per heavy atom. The number of aliphatic imine (C=N–C) groups is 1. The maximum atomic E-state index is 5.91. The molecule has 1 rings (SSSR count). The second kappa shape index (κ2) is 10.1. The third-order valence-electron chi connectivity index (χ3n) is 2.75. The minimum absolute atomic E-state index is 0. The van der Waals surface area contributed by atoms with Crippen molar-refractivity contribution in [2.24, 2.45) is 4.99 Å². The van der Waals surface area contributed by atoms with Crippen molar-refractivity contribution < 1.29 is 4.74 Å². The van der Waals surface area contributed by atoms with Crippen molar-refractivity contribution in [2.75, 3.05) is 41.3 Å². The van der Waals surface area contributed by atoms with Crippen LogP contribution >= 0.6 is 35.6 Å². The van der Waals surface area contributed by atoms with Gasteiger partial charge in [-0.05, 0) is 30.7 Å². The molecule has 120 valence electrons. The number of benzene rings is 1. The van der Waals surface area contributed by atoms with Crippen molar-refractivity contribution in [1.29, 1.82) is 0 Å². The molecule has 0 fully saturated rings. The van der Waals surface area contributed by atoms with Gasteiger partial charge in [0.05, 0.1) is 6.61 Å². The number of ether oxygens (including phenoxy) is 1. The molecule has 1 aromatic rings. The molecule has 4 nitrogen and oxygen atoms in total. The van der Waals surface area contributed by atoms with E-state index in [-0.39, 0.29) is 24.0 Å². The summed E-state index contributed by atoms with van der Waals surface area (Å²) >= 11 is 5.91. The number of rotatable bonds is 5. The van der Waals surface area contributed by atoms with Gasteiger partial charge >= 0.3 is 0 Å². The quantitative estimate of drug-likeness (QED) is 0.313. The summed E-state index contributed by atoms with van der Waals surface area (Å²) in [5, 5.41) is 0.737. The van der Waals surface area contributed by atoms with Gasteiger partial charge in [0.15, 0.2) is 5.96 Å². The van der Waals surface area contributed by atoms with E-state index in [1.165, 1.54) is 0 Å². The molecule has 0 radical (unpaired) electrons. The average Bonchev–Trinajstić information content (AvgIpc) is 2.34. The molecule has 1 aromatic carbocycles. The van der Waals surface area contributed by atoms with Gasteiger partial charge in [-0.3, -0.25) is 4.99 Å². The lowest BCUT2D eigenvalue weighted by Gasteiger charge is -2.22. The fourth-order valence-corrected chi connectivity index (χ4v) is 2.11. The second-order valence-electron chi connectivity index (χ2n) is 5.08. The molecule has 0 saturated carbocycles. The van der Waals surface area contributed by atoms with E-state index in [1.54, 1.807) is 0 Å². The fraction of sp³-hybridized carbons (Fsp3) is 0.533. The average molecular weight is 426 g/mol. The summed E-state index contributed by atoms with van der Waals surface area (Å²) in [5.74, 6) is 1.85. The number of aryl methyl sites for hydroxylation is 1. The Morgan fingerprint density at radius 3 is 2.33 bits per heavy atom.